The van der Waals surface area contributed by atoms with Crippen molar-refractivity contribution in [3.8, 4) is 0 Å². The molecule has 0 radical (unpaired) electrons. The van der Waals surface area contributed by atoms with Crippen molar-refractivity contribution in [2.75, 3.05) is 19.8 Å². The lowest BCUT2D eigenvalue weighted by Gasteiger charge is -2.26. The Bertz CT molecular complexity index is 622. The van der Waals surface area contributed by atoms with Crippen LogP contribution in [-0.4, -0.2) is 52.8 Å². The van der Waals surface area contributed by atoms with E-state index in [1.165, 1.54) is 4.90 Å². The summed E-state index contributed by atoms with van der Waals surface area (Å²) in [6.45, 7) is 3.29. The van der Waals surface area contributed by atoms with Gasteiger partial charge in [0, 0.05) is 12.5 Å². The highest BCUT2D eigenvalue weighted by Gasteiger charge is 2.39. The summed E-state index contributed by atoms with van der Waals surface area (Å²) >= 11 is 5.11. The Morgan fingerprint density at radius 2 is 2.09 bits per heavy atom. The monoisotopic (exact) mass is 334 g/mol. The van der Waals surface area contributed by atoms with Crippen LogP contribution < -0.4 is 0 Å². The number of imide groups is 1. The zero-order valence-corrected chi connectivity index (χ0v) is 13.6. The standard InChI is InChI=1S/C16H18N2O4S/c1-11(17-7-8-21-16(17)23)9-14(19)18-13(10-22-15(18)20)12-5-3-2-4-6-12/h2-6,11,13H,7-10H2,1H3/t11-,13-/m1/s1. The third-order valence-electron chi connectivity index (χ3n) is 4.12. The van der Waals surface area contributed by atoms with Crippen LogP contribution in [0.3, 0.4) is 0 Å². The van der Waals surface area contributed by atoms with Crippen LogP contribution in [-0.2, 0) is 14.3 Å². The van der Waals surface area contributed by atoms with Gasteiger partial charge in [-0.1, -0.05) is 30.3 Å². The lowest BCUT2D eigenvalue weighted by Crippen LogP contribution is -2.41. The Labute approximate surface area is 139 Å². The summed E-state index contributed by atoms with van der Waals surface area (Å²) in [4.78, 5) is 27.7. The molecule has 2 atom stereocenters. The quantitative estimate of drug-likeness (QED) is 0.786. The summed E-state index contributed by atoms with van der Waals surface area (Å²) in [5, 5.41) is 0.411. The highest BCUT2D eigenvalue weighted by molar-refractivity contribution is 7.80. The molecule has 6 nitrogen and oxygen atoms in total. The fourth-order valence-corrected chi connectivity index (χ4v) is 3.24. The number of rotatable bonds is 4. The maximum atomic E-state index is 12.6. The van der Waals surface area contributed by atoms with Gasteiger partial charge in [0.05, 0.1) is 6.54 Å². The van der Waals surface area contributed by atoms with E-state index in [9.17, 15) is 9.59 Å². The Balaban J connectivity index is 1.71. The van der Waals surface area contributed by atoms with Gasteiger partial charge in [0.2, 0.25) is 5.91 Å². The van der Waals surface area contributed by atoms with Gasteiger partial charge in [-0.2, -0.15) is 0 Å². The summed E-state index contributed by atoms with van der Waals surface area (Å²) in [6, 6.07) is 8.93. The lowest BCUT2D eigenvalue weighted by molar-refractivity contribution is -0.130. The topological polar surface area (TPSA) is 59.1 Å². The number of carbonyl (C=O) groups excluding carboxylic acids is 2. The first-order valence-corrected chi connectivity index (χ1v) is 7.96. The lowest BCUT2D eigenvalue weighted by atomic mass is 10.1. The minimum absolute atomic E-state index is 0.123. The zero-order chi connectivity index (χ0) is 16.4. The molecule has 1 aromatic rings. The first kappa shape index (κ1) is 15.7. The Morgan fingerprint density at radius 3 is 2.74 bits per heavy atom. The molecular weight excluding hydrogens is 316 g/mol. The molecule has 7 heteroatoms. The molecule has 1 aromatic carbocycles. The molecule has 0 N–H and O–H groups in total. The van der Waals surface area contributed by atoms with Crippen molar-refractivity contribution in [2.24, 2.45) is 0 Å². The average Bonchev–Trinajstić information content (AvgIpc) is 3.14. The van der Waals surface area contributed by atoms with Crippen LogP contribution in [0.4, 0.5) is 4.79 Å². The second-order valence-electron chi connectivity index (χ2n) is 5.63. The summed E-state index contributed by atoms with van der Waals surface area (Å²) in [7, 11) is 0. The largest absolute Gasteiger partial charge is 0.469 e. The number of benzene rings is 1. The molecule has 0 unspecified atom stereocenters. The Kier molecular flexibility index (Phi) is 4.47. The molecule has 0 saturated carbocycles. The van der Waals surface area contributed by atoms with Crippen molar-refractivity contribution in [2.45, 2.75) is 25.4 Å². The van der Waals surface area contributed by atoms with Crippen LogP contribution in [0.2, 0.25) is 0 Å². The highest BCUT2D eigenvalue weighted by Crippen LogP contribution is 2.29. The average molecular weight is 334 g/mol. The number of hydrogen-bond acceptors (Lipinski definition) is 5. The van der Waals surface area contributed by atoms with Crippen molar-refractivity contribution in [1.82, 2.24) is 9.80 Å². The van der Waals surface area contributed by atoms with Crippen LogP contribution in [0.5, 0.6) is 0 Å². The minimum Gasteiger partial charge on any atom is -0.469 e. The first-order chi connectivity index (χ1) is 11.1. The predicted octanol–water partition coefficient (Wildman–Crippen LogP) is 2.10. The van der Waals surface area contributed by atoms with Crippen LogP contribution in [0.15, 0.2) is 30.3 Å². The van der Waals surface area contributed by atoms with Crippen LogP contribution in [0, 0.1) is 0 Å². The van der Waals surface area contributed by atoms with Gasteiger partial charge >= 0.3 is 6.09 Å². The van der Waals surface area contributed by atoms with E-state index in [-0.39, 0.29) is 31.0 Å². The molecule has 122 valence electrons. The Morgan fingerprint density at radius 1 is 1.35 bits per heavy atom. The van der Waals surface area contributed by atoms with Crippen molar-refractivity contribution in [3.63, 3.8) is 0 Å². The number of cyclic esters (lactones) is 1. The number of amides is 2. The number of nitrogens with zero attached hydrogens (tertiary/aromatic N) is 2. The van der Waals surface area contributed by atoms with Crippen LogP contribution in [0.25, 0.3) is 0 Å². The van der Waals surface area contributed by atoms with Gasteiger partial charge in [-0.15, -0.1) is 0 Å². The van der Waals surface area contributed by atoms with Crippen molar-refractivity contribution < 1.29 is 19.1 Å². The van der Waals surface area contributed by atoms with Gasteiger partial charge in [-0.25, -0.2) is 9.69 Å². The molecule has 0 bridgehead atoms. The molecular formula is C16H18N2O4S. The molecule has 0 spiro atoms. The summed E-state index contributed by atoms with van der Waals surface area (Å²) < 4.78 is 10.3. The van der Waals surface area contributed by atoms with E-state index in [1.807, 2.05) is 42.2 Å². The van der Waals surface area contributed by atoms with Gasteiger partial charge in [0.15, 0.2) is 0 Å². The number of ether oxygens (including phenoxy) is 2. The van der Waals surface area contributed by atoms with Crippen LogP contribution in [0.1, 0.15) is 24.9 Å². The molecule has 2 aliphatic rings. The maximum Gasteiger partial charge on any atom is 0.417 e. The predicted molar refractivity (Wildman–Crippen MR) is 86.7 cm³/mol. The van der Waals surface area contributed by atoms with E-state index in [1.54, 1.807) is 0 Å². The highest BCUT2D eigenvalue weighted by atomic mass is 32.1. The molecule has 2 heterocycles. The van der Waals surface area contributed by atoms with Crippen molar-refractivity contribution >= 4 is 29.4 Å². The summed E-state index contributed by atoms with van der Waals surface area (Å²) in [6.07, 6.45) is -0.404. The van der Waals surface area contributed by atoms with Crippen molar-refractivity contribution in [3.05, 3.63) is 35.9 Å². The molecule has 2 amide bonds. The van der Waals surface area contributed by atoms with Gasteiger partial charge in [-0.3, -0.25) is 4.79 Å². The second-order valence-corrected chi connectivity index (χ2v) is 5.98. The van der Waals surface area contributed by atoms with Gasteiger partial charge < -0.3 is 14.4 Å². The smallest absolute Gasteiger partial charge is 0.417 e. The molecule has 0 aliphatic carbocycles. The van der Waals surface area contributed by atoms with Crippen LogP contribution >= 0.6 is 12.2 Å². The third kappa shape index (κ3) is 3.14. The number of thiocarbonyl (C=S) groups is 1. The fraction of sp³-hybridized carbons (Fsp3) is 0.438. The molecule has 2 fully saturated rings. The third-order valence-corrected chi connectivity index (χ3v) is 4.47. The number of carbonyl (C=O) groups is 2. The molecule has 0 aromatic heterocycles. The van der Waals surface area contributed by atoms with Gasteiger partial charge in [0.25, 0.3) is 5.17 Å². The van der Waals surface area contributed by atoms with E-state index in [0.29, 0.717) is 18.3 Å². The zero-order valence-electron chi connectivity index (χ0n) is 12.8. The fourth-order valence-electron chi connectivity index (χ4n) is 2.88. The first-order valence-electron chi connectivity index (χ1n) is 7.55. The maximum absolute atomic E-state index is 12.6. The second kappa shape index (κ2) is 6.54. The van der Waals surface area contributed by atoms with Gasteiger partial charge in [-0.05, 0) is 24.7 Å². The van der Waals surface area contributed by atoms with E-state index in [0.717, 1.165) is 5.56 Å². The summed E-state index contributed by atoms with van der Waals surface area (Å²) in [5.74, 6) is -0.261. The van der Waals surface area contributed by atoms with E-state index >= 15 is 0 Å². The molecule has 2 aliphatic heterocycles. The van der Waals surface area contributed by atoms with E-state index < -0.39 is 6.09 Å². The molecule has 3 rings (SSSR count). The van der Waals surface area contributed by atoms with E-state index in [4.69, 9.17) is 21.7 Å². The van der Waals surface area contributed by atoms with Crippen molar-refractivity contribution in [1.29, 1.82) is 0 Å². The molecule has 2 saturated heterocycles. The summed E-state index contributed by atoms with van der Waals surface area (Å²) in [5.41, 5.74) is 0.888. The van der Waals surface area contributed by atoms with E-state index in [2.05, 4.69) is 0 Å². The minimum atomic E-state index is -0.587. The molecule has 23 heavy (non-hydrogen) atoms. The number of hydrogen-bond donors (Lipinski definition) is 0. The Hall–Kier alpha value is -2.15. The van der Waals surface area contributed by atoms with Gasteiger partial charge in [0.1, 0.15) is 19.3 Å². The SMILES string of the molecule is C[C@H](CC(=O)N1C(=O)OC[C@@H]1c1ccccc1)N1CCOC1=S. The normalized spacial score (nSPS) is 22.0.